The zero-order valence-electron chi connectivity index (χ0n) is 15.5. The van der Waals surface area contributed by atoms with E-state index in [0.29, 0.717) is 11.7 Å². The molecule has 0 unspecified atom stereocenters. The van der Waals surface area contributed by atoms with Crippen molar-refractivity contribution >= 4 is 23.1 Å². The number of carbonyl (C=O) groups is 1. The number of nitrogens with zero attached hydrogens (tertiary/aromatic N) is 4. The minimum Gasteiger partial charge on any atom is -0.496 e. The number of nitrogens with two attached hydrogens (primary N) is 1. The highest BCUT2D eigenvalue weighted by Crippen LogP contribution is 2.36. The van der Waals surface area contributed by atoms with Crippen LogP contribution in [-0.4, -0.2) is 41.1 Å². The Morgan fingerprint density at radius 3 is 2.75 bits per heavy atom. The van der Waals surface area contributed by atoms with E-state index in [9.17, 15) is 4.79 Å². The number of hydrogen-bond acceptors (Lipinski definition) is 7. The van der Waals surface area contributed by atoms with E-state index in [-0.39, 0.29) is 5.69 Å². The molecule has 1 amide bonds. The second kappa shape index (κ2) is 7.93. The van der Waals surface area contributed by atoms with E-state index < -0.39 is 5.91 Å². The molecule has 144 valence electrons. The van der Waals surface area contributed by atoms with Crippen molar-refractivity contribution < 1.29 is 9.53 Å². The Bertz CT molecular complexity index is 982. The maximum absolute atomic E-state index is 11.3. The van der Waals surface area contributed by atoms with Gasteiger partial charge in [0.05, 0.1) is 30.2 Å². The van der Waals surface area contributed by atoms with Crippen molar-refractivity contribution in [3.05, 3.63) is 52.7 Å². The van der Waals surface area contributed by atoms with Gasteiger partial charge in [-0.1, -0.05) is 12.1 Å². The van der Waals surface area contributed by atoms with Gasteiger partial charge in [-0.25, -0.2) is 9.97 Å². The number of ether oxygens (including phenoxy) is 1. The van der Waals surface area contributed by atoms with Crippen LogP contribution in [0.2, 0.25) is 0 Å². The third-order valence-corrected chi connectivity index (χ3v) is 5.95. The second-order valence-electron chi connectivity index (χ2n) is 6.66. The molecule has 3 heterocycles. The number of piperidine rings is 1. The molecule has 28 heavy (non-hydrogen) atoms. The summed E-state index contributed by atoms with van der Waals surface area (Å²) in [6.07, 6.45) is 5.02. The molecule has 0 atom stereocenters. The van der Waals surface area contributed by atoms with Gasteiger partial charge in [0.25, 0.3) is 5.91 Å². The number of anilines is 1. The van der Waals surface area contributed by atoms with Gasteiger partial charge in [-0.05, 0) is 25.0 Å². The van der Waals surface area contributed by atoms with E-state index in [0.717, 1.165) is 47.9 Å². The van der Waals surface area contributed by atoms with E-state index in [1.54, 1.807) is 24.6 Å². The standard InChI is InChI=1S/C20H21N5O2S/c1-27-17-5-3-2-4-14(17)16-12-28-20(24-16)13-6-8-25(9-7-13)18-11-22-10-15(23-18)19(21)26/h2-5,10-13H,6-9H2,1H3,(H2,21,26). The van der Waals surface area contributed by atoms with Gasteiger partial charge in [-0.2, -0.15) is 0 Å². The Kier molecular flexibility index (Phi) is 5.21. The second-order valence-corrected chi connectivity index (χ2v) is 7.55. The van der Waals surface area contributed by atoms with E-state index in [1.807, 2.05) is 24.3 Å². The monoisotopic (exact) mass is 395 g/mol. The summed E-state index contributed by atoms with van der Waals surface area (Å²) in [6.45, 7) is 1.68. The maximum atomic E-state index is 11.3. The lowest BCUT2D eigenvalue weighted by Crippen LogP contribution is -2.34. The molecule has 1 aliphatic rings. The fourth-order valence-electron chi connectivity index (χ4n) is 3.44. The lowest BCUT2D eigenvalue weighted by atomic mass is 9.97. The largest absolute Gasteiger partial charge is 0.496 e. The number of rotatable bonds is 5. The van der Waals surface area contributed by atoms with Crippen LogP contribution < -0.4 is 15.4 Å². The van der Waals surface area contributed by atoms with Gasteiger partial charge in [-0.15, -0.1) is 11.3 Å². The number of hydrogen-bond donors (Lipinski definition) is 1. The van der Waals surface area contributed by atoms with Crippen LogP contribution >= 0.6 is 11.3 Å². The molecule has 4 rings (SSSR count). The maximum Gasteiger partial charge on any atom is 0.268 e. The topological polar surface area (TPSA) is 94.2 Å². The highest BCUT2D eigenvalue weighted by molar-refractivity contribution is 7.10. The first kappa shape index (κ1) is 18.4. The predicted molar refractivity (Wildman–Crippen MR) is 109 cm³/mol. The first-order chi connectivity index (χ1) is 13.7. The average Bonchev–Trinajstić information content (AvgIpc) is 3.24. The average molecular weight is 395 g/mol. The molecular weight excluding hydrogens is 374 g/mol. The smallest absolute Gasteiger partial charge is 0.268 e. The summed E-state index contributed by atoms with van der Waals surface area (Å²) in [5, 5.41) is 3.25. The van der Waals surface area contributed by atoms with Crippen LogP contribution in [0, 0.1) is 0 Å². The molecule has 0 saturated carbocycles. The number of primary amides is 1. The minimum absolute atomic E-state index is 0.195. The molecule has 0 spiro atoms. The number of methoxy groups -OCH3 is 1. The normalized spacial score (nSPS) is 14.8. The molecule has 1 saturated heterocycles. The summed E-state index contributed by atoms with van der Waals surface area (Å²) in [5.41, 5.74) is 7.48. The highest BCUT2D eigenvalue weighted by atomic mass is 32.1. The number of benzene rings is 1. The van der Waals surface area contributed by atoms with Gasteiger partial charge >= 0.3 is 0 Å². The fraction of sp³-hybridized carbons (Fsp3) is 0.300. The van der Waals surface area contributed by atoms with Gasteiger partial charge in [0, 0.05) is 30.0 Å². The molecule has 3 aromatic rings. The number of para-hydroxylation sites is 1. The van der Waals surface area contributed by atoms with Gasteiger partial charge in [-0.3, -0.25) is 9.78 Å². The SMILES string of the molecule is COc1ccccc1-c1csc(C2CCN(c3cncc(C(N)=O)n3)CC2)n1. The van der Waals surface area contributed by atoms with Crippen LogP contribution in [0.4, 0.5) is 5.82 Å². The van der Waals surface area contributed by atoms with Crippen molar-refractivity contribution in [2.24, 2.45) is 5.73 Å². The first-order valence-corrected chi connectivity index (χ1v) is 9.99. The molecule has 0 aliphatic carbocycles. The summed E-state index contributed by atoms with van der Waals surface area (Å²) in [4.78, 5) is 26.7. The zero-order valence-corrected chi connectivity index (χ0v) is 16.4. The number of carbonyl (C=O) groups excluding carboxylic acids is 1. The van der Waals surface area contributed by atoms with Crippen molar-refractivity contribution in [3.8, 4) is 17.0 Å². The molecule has 1 aliphatic heterocycles. The Labute approximate surface area is 167 Å². The van der Waals surface area contributed by atoms with E-state index in [2.05, 4.69) is 20.2 Å². The molecule has 8 heteroatoms. The quantitative estimate of drug-likeness (QED) is 0.713. The van der Waals surface area contributed by atoms with E-state index in [4.69, 9.17) is 15.5 Å². The molecule has 0 bridgehead atoms. The summed E-state index contributed by atoms with van der Waals surface area (Å²) >= 11 is 1.70. The Hall–Kier alpha value is -3.00. The Morgan fingerprint density at radius 1 is 1.21 bits per heavy atom. The van der Waals surface area contributed by atoms with E-state index in [1.165, 1.54) is 6.20 Å². The van der Waals surface area contributed by atoms with Crippen LogP contribution in [0.1, 0.15) is 34.3 Å². The van der Waals surface area contributed by atoms with Crippen molar-refractivity contribution in [2.45, 2.75) is 18.8 Å². The van der Waals surface area contributed by atoms with Crippen LogP contribution in [-0.2, 0) is 0 Å². The lowest BCUT2D eigenvalue weighted by Gasteiger charge is -2.31. The van der Waals surface area contributed by atoms with Crippen LogP contribution in [0.3, 0.4) is 0 Å². The Balaban J connectivity index is 1.45. The number of thiazole rings is 1. The summed E-state index contributed by atoms with van der Waals surface area (Å²) in [6, 6.07) is 7.94. The van der Waals surface area contributed by atoms with Gasteiger partial charge in [0.2, 0.25) is 0 Å². The molecule has 0 radical (unpaired) electrons. The van der Waals surface area contributed by atoms with Crippen molar-refractivity contribution in [2.75, 3.05) is 25.1 Å². The Morgan fingerprint density at radius 2 is 2.00 bits per heavy atom. The van der Waals surface area contributed by atoms with Gasteiger partial charge < -0.3 is 15.4 Å². The molecule has 7 nitrogen and oxygen atoms in total. The molecular formula is C20H21N5O2S. The third kappa shape index (κ3) is 3.68. The van der Waals surface area contributed by atoms with Crippen molar-refractivity contribution in [1.82, 2.24) is 15.0 Å². The fourth-order valence-corrected chi connectivity index (χ4v) is 4.43. The number of amides is 1. The zero-order chi connectivity index (χ0) is 19.5. The highest BCUT2D eigenvalue weighted by Gasteiger charge is 2.25. The van der Waals surface area contributed by atoms with Crippen molar-refractivity contribution in [1.29, 1.82) is 0 Å². The summed E-state index contributed by atoms with van der Waals surface area (Å²) in [7, 11) is 1.68. The van der Waals surface area contributed by atoms with Crippen molar-refractivity contribution in [3.63, 3.8) is 0 Å². The van der Waals surface area contributed by atoms with Gasteiger partial charge in [0.15, 0.2) is 0 Å². The summed E-state index contributed by atoms with van der Waals surface area (Å²) in [5.74, 6) is 1.39. The first-order valence-electron chi connectivity index (χ1n) is 9.11. The molecule has 2 aromatic heterocycles. The predicted octanol–water partition coefficient (Wildman–Crippen LogP) is 3.09. The lowest BCUT2D eigenvalue weighted by molar-refractivity contribution is 0.0995. The van der Waals surface area contributed by atoms with Gasteiger partial charge in [0.1, 0.15) is 17.3 Å². The molecule has 1 fully saturated rings. The minimum atomic E-state index is -0.559. The van der Waals surface area contributed by atoms with E-state index >= 15 is 0 Å². The molecule has 2 N–H and O–H groups in total. The van der Waals surface area contributed by atoms with Crippen LogP contribution in [0.5, 0.6) is 5.75 Å². The summed E-state index contributed by atoms with van der Waals surface area (Å²) < 4.78 is 5.46. The third-order valence-electron chi connectivity index (χ3n) is 4.95. The molecule has 1 aromatic carbocycles. The van der Waals surface area contributed by atoms with Crippen LogP contribution in [0.25, 0.3) is 11.3 Å². The number of aromatic nitrogens is 3. The van der Waals surface area contributed by atoms with Crippen LogP contribution in [0.15, 0.2) is 42.0 Å².